The van der Waals surface area contributed by atoms with Crippen molar-refractivity contribution in [3.05, 3.63) is 78.1 Å². The largest absolute Gasteiger partial charge is 0.470 e. The molecule has 6 nitrogen and oxygen atoms in total. The van der Waals surface area contributed by atoms with Gasteiger partial charge >= 0.3 is 0 Å². The van der Waals surface area contributed by atoms with Crippen LogP contribution in [-0.2, 0) is 24.5 Å². The van der Waals surface area contributed by atoms with Gasteiger partial charge in [-0.15, -0.1) is 5.10 Å². The highest BCUT2D eigenvalue weighted by molar-refractivity contribution is 5.95. The van der Waals surface area contributed by atoms with Crippen LogP contribution in [0.2, 0.25) is 0 Å². The molecule has 1 amide bonds. The number of nitrogens with zero attached hydrogens (tertiary/aromatic N) is 4. The highest BCUT2D eigenvalue weighted by atomic mass is 19.1. The molecule has 0 saturated heterocycles. The summed E-state index contributed by atoms with van der Waals surface area (Å²) in [7, 11) is 0. The van der Waals surface area contributed by atoms with Gasteiger partial charge in [-0.25, -0.2) is 4.39 Å². The molecule has 1 aliphatic heterocycles. The molecule has 3 rings (SSSR count). The summed E-state index contributed by atoms with van der Waals surface area (Å²) in [6, 6.07) is 7.45. The van der Waals surface area contributed by atoms with Crippen molar-refractivity contribution >= 4 is 5.91 Å². The first kappa shape index (κ1) is 18.6. The lowest BCUT2D eigenvalue weighted by molar-refractivity contribution is -0.128. The molecule has 0 N–H and O–H groups in total. The number of hydrogen-bond donors (Lipinski definition) is 0. The molecule has 0 spiro atoms. The number of allylic oxidation sites excluding steroid dienone is 3. The molecule has 0 unspecified atom stereocenters. The van der Waals surface area contributed by atoms with Crippen LogP contribution in [-0.4, -0.2) is 32.1 Å². The first-order valence-electron chi connectivity index (χ1n) is 8.64. The van der Waals surface area contributed by atoms with Gasteiger partial charge in [-0.2, -0.15) is 0 Å². The van der Waals surface area contributed by atoms with E-state index in [1.54, 1.807) is 18.0 Å². The Morgan fingerprint density at radius 2 is 2.22 bits per heavy atom. The van der Waals surface area contributed by atoms with Crippen LogP contribution in [0, 0.1) is 0 Å². The zero-order valence-electron chi connectivity index (χ0n) is 15.1. The second kappa shape index (κ2) is 8.44. The third-order valence-electron chi connectivity index (χ3n) is 4.15. The van der Waals surface area contributed by atoms with Crippen molar-refractivity contribution in [2.45, 2.75) is 26.6 Å². The summed E-state index contributed by atoms with van der Waals surface area (Å²) >= 11 is 0. The minimum Gasteiger partial charge on any atom is -0.470 e. The van der Waals surface area contributed by atoms with E-state index in [0.29, 0.717) is 32.1 Å². The lowest BCUT2D eigenvalue weighted by Gasteiger charge is -2.27. The number of carbonyl (C=O) groups is 1. The van der Waals surface area contributed by atoms with E-state index in [-0.39, 0.29) is 11.5 Å². The first-order chi connectivity index (χ1) is 13.1. The number of ether oxygens (including phenoxy) is 1. The van der Waals surface area contributed by atoms with Crippen molar-refractivity contribution in [1.29, 1.82) is 0 Å². The van der Waals surface area contributed by atoms with Crippen molar-refractivity contribution in [3.63, 3.8) is 0 Å². The van der Waals surface area contributed by atoms with Crippen LogP contribution < -0.4 is 4.74 Å². The highest BCUT2D eigenvalue weighted by Crippen LogP contribution is 2.20. The van der Waals surface area contributed by atoms with E-state index in [9.17, 15) is 9.18 Å². The van der Waals surface area contributed by atoms with Crippen molar-refractivity contribution in [1.82, 2.24) is 19.7 Å². The molecule has 0 aliphatic carbocycles. The fourth-order valence-corrected chi connectivity index (χ4v) is 2.67. The predicted octanol–water partition coefficient (Wildman–Crippen LogP) is 3.19. The topological polar surface area (TPSA) is 60.2 Å². The molecule has 0 bridgehead atoms. The molecular formula is C20H21FN4O2. The van der Waals surface area contributed by atoms with Gasteiger partial charge in [0.2, 0.25) is 5.88 Å². The molecule has 27 heavy (non-hydrogen) atoms. The lowest BCUT2D eigenvalue weighted by Crippen LogP contribution is -2.38. The summed E-state index contributed by atoms with van der Waals surface area (Å²) in [4.78, 5) is 18.4. The minimum atomic E-state index is -0.407. The molecular weight excluding hydrogens is 347 g/mol. The predicted molar refractivity (Wildman–Crippen MR) is 99.4 cm³/mol. The molecule has 140 valence electrons. The Hall–Kier alpha value is -3.22. The van der Waals surface area contributed by atoms with Gasteiger partial charge in [-0.05, 0) is 31.2 Å². The second-order valence-electron chi connectivity index (χ2n) is 6.07. The van der Waals surface area contributed by atoms with Crippen LogP contribution in [0.15, 0.2) is 66.7 Å². The van der Waals surface area contributed by atoms with Crippen LogP contribution >= 0.6 is 0 Å². The van der Waals surface area contributed by atoms with Crippen LogP contribution in [0.1, 0.15) is 18.3 Å². The number of pyridine rings is 1. The number of rotatable bonds is 6. The number of carbonyl (C=O) groups excluding carboxylic acids is 1. The standard InChI is InChI=1S/C20H21FN4O2/c1-3-16(21)8-7-15(2)20(26)24-10-11-25-18(13-24)12-19(23-25)27-14-17-6-4-5-9-22-17/h3-9,12H,2,10-11,13-14H2,1H3. The van der Waals surface area contributed by atoms with E-state index in [1.165, 1.54) is 18.2 Å². The Morgan fingerprint density at radius 3 is 2.96 bits per heavy atom. The minimum absolute atomic E-state index is 0.224. The molecule has 3 heterocycles. The Kier molecular flexibility index (Phi) is 5.80. The van der Waals surface area contributed by atoms with Crippen molar-refractivity contribution < 1.29 is 13.9 Å². The number of hydrogen-bond acceptors (Lipinski definition) is 4. The number of amides is 1. The zero-order valence-corrected chi connectivity index (χ0v) is 15.1. The normalized spacial score (nSPS) is 14.3. The molecule has 0 aromatic carbocycles. The highest BCUT2D eigenvalue weighted by Gasteiger charge is 2.23. The van der Waals surface area contributed by atoms with Crippen LogP contribution in [0.5, 0.6) is 5.88 Å². The average Bonchev–Trinajstić information content (AvgIpc) is 3.12. The maximum absolute atomic E-state index is 13.2. The van der Waals surface area contributed by atoms with Crippen molar-refractivity contribution in [3.8, 4) is 5.88 Å². The summed E-state index contributed by atoms with van der Waals surface area (Å²) in [5, 5.41) is 4.41. The average molecular weight is 368 g/mol. The number of aromatic nitrogens is 3. The fraction of sp³-hybridized carbons (Fsp3) is 0.250. The van der Waals surface area contributed by atoms with Gasteiger partial charge in [-0.1, -0.05) is 18.7 Å². The maximum atomic E-state index is 13.2. The summed E-state index contributed by atoms with van der Waals surface area (Å²) in [6.45, 7) is 7.12. The molecule has 0 saturated carbocycles. The summed E-state index contributed by atoms with van der Waals surface area (Å²) in [5.74, 6) is -0.132. The molecule has 2 aromatic rings. The summed E-state index contributed by atoms with van der Waals surface area (Å²) in [5.41, 5.74) is 1.94. The van der Waals surface area contributed by atoms with Gasteiger partial charge in [0.1, 0.15) is 12.4 Å². The Balaban J connectivity index is 1.61. The van der Waals surface area contributed by atoms with Crippen LogP contribution in [0.4, 0.5) is 4.39 Å². The van der Waals surface area contributed by atoms with Gasteiger partial charge in [0.25, 0.3) is 5.91 Å². The van der Waals surface area contributed by atoms with E-state index in [4.69, 9.17) is 4.74 Å². The van der Waals surface area contributed by atoms with Gasteiger partial charge in [0, 0.05) is 24.4 Å². The number of halogens is 1. The third-order valence-corrected chi connectivity index (χ3v) is 4.15. The molecule has 1 aliphatic rings. The van der Waals surface area contributed by atoms with Gasteiger partial charge < -0.3 is 9.64 Å². The zero-order chi connectivity index (χ0) is 19.2. The first-order valence-corrected chi connectivity index (χ1v) is 8.64. The fourth-order valence-electron chi connectivity index (χ4n) is 2.67. The van der Waals surface area contributed by atoms with Crippen LogP contribution in [0.25, 0.3) is 0 Å². The summed E-state index contributed by atoms with van der Waals surface area (Å²) in [6.07, 6.45) is 5.66. The number of fused-ring (bicyclic) bond motifs is 1. The van der Waals surface area contributed by atoms with E-state index in [0.717, 1.165) is 11.4 Å². The van der Waals surface area contributed by atoms with E-state index in [1.807, 2.05) is 28.9 Å². The summed E-state index contributed by atoms with van der Waals surface area (Å²) < 4.78 is 20.7. The van der Waals surface area contributed by atoms with Crippen molar-refractivity contribution in [2.24, 2.45) is 0 Å². The molecule has 0 radical (unpaired) electrons. The third kappa shape index (κ3) is 4.69. The smallest absolute Gasteiger partial charge is 0.253 e. The van der Waals surface area contributed by atoms with Crippen molar-refractivity contribution in [2.75, 3.05) is 6.54 Å². The van der Waals surface area contributed by atoms with Gasteiger partial charge in [0.05, 0.1) is 24.5 Å². The van der Waals surface area contributed by atoms with Gasteiger partial charge in [0.15, 0.2) is 0 Å². The Bertz CT molecular complexity index is 887. The second-order valence-corrected chi connectivity index (χ2v) is 6.07. The Morgan fingerprint density at radius 1 is 1.37 bits per heavy atom. The Labute approximate surface area is 157 Å². The quantitative estimate of drug-likeness (QED) is 0.580. The lowest BCUT2D eigenvalue weighted by atomic mass is 10.2. The van der Waals surface area contributed by atoms with Crippen LogP contribution in [0.3, 0.4) is 0 Å². The van der Waals surface area contributed by atoms with E-state index < -0.39 is 5.83 Å². The maximum Gasteiger partial charge on any atom is 0.253 e. The molecule has 0 atom stereocenters. The SMILES string of the molecule is C=C(C=CC(F)=CC)C(=O)N1CCn2nc(OCc3ccccn3)cc2C1. The molecule has 2 aromatic heterocycles. The monoisotopic (exact) mass is 368 g/mol. The molecule has 0 fully saturated rings. The van der Waals surface area contributed by atoms with E-state index in [2.05, 4.69) is 16.7 Å². The van der Waals surface area contributed by atoms with E-state index >= 15 is 0 Å². The van der Waals surface area contributed by atoms with Gasteiger partial charge in [-0.3, -0.25) is 14.5 Å². The molecule has 7 heteroatoms.